The molecule has 4 rings (SSSR count). The van der Waals surface area contributed by atoms with Gasteiger partial charge in [0.2, 0.25) is 0 Å². The molecule has 0 aliphatic heterocycles. The number of rotatable bonds is 2. The molecule has 134 valence electrons. The first-order valence-electron chi connectivity index (χ1n) is 9.23. The lowest BCUT2D eigenvalue weighted by Gasteiger charge is -2.31. The first-order chi connectivity index (χ1) is 12.5. The summed E-state index contributed by atoms with van der Waals surface area (Å²) in [5.41, 5.74) is 2.28. The average molecular weight is 369 g/mol. The van der Waals surface area contributed by atoms with Crippen molar-refractivity contribution in [3.8, 4) is 11.4 Å². The molecule has 0 N–H and O–H groups in total. The Morgan fingerprint density at radius 1 is 0.962 bits per heavy atom. The summed E-state index contributed by atoms with van der Waals surface area (Å²) in [5.74, 6) is 1.83. The van der Waals surface area contributed by atoms with E-state index in [1.807, 2.05) is 24.3 Å². The van der Waals surface area contributed by atoms with Crippen LogP contribution in [0.4, 0.5) is 4.39 Å². The second-order valence-electron chi connectivity index (χ2n) is 7.69. The van der Waals surface area contributed by atoms with Gasteiger partial charge in [0.25, 0.3) is 0 Å². The van der Waals surface area contributed by atoms with E-state index in [0.29, 0.717) is 34.2 Å². The molecule has 0 amide bonds. The predicted molar refractivity (Wildman–Crippen MR) is 105 cm³/mol. The highest BCUT2D eigenvalue weighted by molar-refractivity contribution is 6.31. The van der Waals surface area contributed by atoms with Gasteiger partial charge in [-0.05, 0) is 61.4 Å². The molecule has 0 spiro atoms. The smallest absolute Gasteiger partial charge is 0.163 e. The van der Waals surface area contributed by atoms with Gasteiger partial charge in [0.05, 0.1) is 16.8 Å². The van der Waals surface area contributed by atoms with Crippen molar-refractivity contribution in [2.24, 2.45) is 11.8 Å². The summed E-state index contributed by atoms with van der Waals surface area (Å²) in [6.07, 6.45) is 3.44. The topological polar surface area (TPSA) is 25.8 Å². The van der Waals surface area contributed by atoms with Gasteiger partial charge in [-0.3, -0.25) is 0 Å². The summed E-state index contributed by atoms with van der Waals surface area (Å²) in [7, 11) is 0. The third kappa shape index (κ3) is 3.33. The maximum atomic E-state index is 14.3. The molecule has 2 aromatic carbocycles. The summed E-state index contributed by atoms with van der Waals surface area (Å²) < 4.78 is 14.3. The summed E-state index contributed by atoms with van der Waals surface area (Å²) in [4.78, 5) is 9.49. The average Bonchev–Trinajstić information content (AvgIpc) is 2.60. The fraction of sp³-hybridized carbons (Fsp3) is 0.364. The number of halogens is 2. The van der Waals surface area contributed by atoms with Crippen LogP contribution in [0.5, 0.6) is 0 Å². The van der Waals surface area contributed by atoms with E-state index in [-0.39, 0.29) is 5.82 Å². The third-order valence-corrected chi connectivity index (χ3v) is 5.60. The standard InChI is InChI=1S/C22H22ClFN2/c1-13-9-14(2)11-15(10-13)21-18-12-16(23)7-8-20(18)25-22(26-21)17-5-3-4-6-19(17)24/h3-8,12-15H,9-11H2,1-2H3. The van der Waals surface area contributed by atoms with E-state index in [0.717, 1.165) is 29.4 Å². The van der Waals surface area contributed by atoms with E-state index in [1.54, 1.807) is 12.1 Å². The monoisotopic (exact) mass is 368 g/mol. The molecule has 26 heavy (non-hydrogen) atoms. The van der Waals surface area contributed by atoms with Crippen LogP contribution in [0.15, 0.2) is 42.5 Å². The molecule has 2 atom stereocenters. The molecular weight excluding hydrogens is 347 g/mol. The van der Waals surface area contributed by atoms with Gasteiger partial charge in [-0.25, -0.2) is 14.4 Å². The van der Waals surface area contributed by atoms with Gasteiger partial charge in [0.1, 0.15) is 5.82 Å². The van der Waals surface area contributed by atoms with Gasteiger partial charge < -0.3 is 0 Å². The molecule has 0 saturated heterocycles. The second kappa shape index (κ2) is 6.96. The number of aromatic nitrogens is 2. The molecule has 2 unspecified atom stereocenters. The van der Waals surface area contributed by atoms with Crippen molar-refractivity contribution in [2.45, 2.75) is 39.0 Å². The van der Waals surface area contributed by atoms with Crippen LogP contribution >= 0.6 is 11.6 Å². The summed E-state index contributed by atoms with van der Waals surface area (Å²) in [6, 6.07) is 12.4. The van der Waals surface area contributed by atoms with E-state index < -0.39 is 0 Å². The molecule has 3 aromatic rings. The van der Waals surface area contributed by atoms with Crippen LogP contribution in [0.3, 0.4) is 0 Å². The van der Waals surface area contributed by atoms with E-state index in [2.05, 4.69) is 18.8 Å². The number of benzene rings is 2. The SMILES string of the molecule is CC1CC(C)CC(c2nc(-c3ccccc3F)nc3ccc(Cl)cc23)C1. The van der Waals surface area contributed by atoms with Crippen molar-refractivity contribution in [3.05, 3.63) is 59.0 Å². The van der Waals surface area contributed by atoms with Crippen molar-refractivity contribution in [2.75, 3.05) is 0 Å². The molecule has 2 nitrogen and oxygen atoms in total. The number of nitrogens with zero attached hydrogens (tertiary/aromatic N) is 2. The largest absolute Gasteiger partial charge is 0.232 e. The van der Waals surface area contributed by atoms with Crippen LogP contribution in [0, 0.1) is 17.7 Å². The Morgan fingerprint density at radius 2 is 1.69 bits per heavy atom. The highest BCUT2D eigenvalue weighted by Crippen LogP contribution is 2.41. The van der Waals surface area contributed by atoms with Gasteiger partial charge in [0, 0.05) is 16.3 Å². The fourth-order valence-electron chi connectivity index (χ4n) is 4.37. The number of hydrogen-bond acceptors (Lipinski definition) is 2. The van der Waals surface area contributed by atoms with Crippen molar-refractivity contribution in [3.63, 3.8) is 0 Å². The third-order valence-electron chi connectivity index (χ3n) is 5.37. The van der Waals surface area contributed by atoms with E-state index in [1.165, 1.54) is 12.5 Å². The Kier molecular flexibility index (Phi) is 4.66. The summed E-state index contributed by atoms with van der Waals surface area (Å²) >= 11 is 6.25. The molecule has 1 saturated carbocycles. The van der Waals surface area contributed by atoms with Crippen molar-refractivity contribution >= 4 is 22.5 Å². The first kappa shape index (κ1) is 17.4. The highest BCUT2D eigenvalue weighted by Gasteiger charge is 2.28. The zero-order valence-electron chi connectivity index (χ0n) is 15.0. The lowest BCUT2D eigenvalue weighted by molar-refractivity contribution is 0.266. The zero-order chi connectivity index (χ0) is 18.3. The molecule has 1 aliphatic rings. The van der Waals surface area contributed by atoms with Gasteiger partial charge in [-0.1, -0.05) is 37.6 Å². The highest BCUT2D eigenvalue weighted by atomic mass is 35.5. The van der Waals surface area contributed by atoms with Gasteiger partial charge in [-0.2, -0.15) is 0 Å². The summed E-state index contributed by atoms with van der Waals surface area (Å²) in [6.45, 7) is 4.60. The molecule has 0 bridgehead atoms. The van der Waals surface area contributed by atoms with Gasteiger partial charge >= 0.3 is 0 Å². The van der Waals surface area contributed by atoms with Crippen molar-refractivity contribution < 1.29 is 4.39 Å². The molecule has 0 radical (unpaired) electrons. The van der Waals surface area contributed by atoms with E-state index >= 15 is 0 Å². The van der Waals surface area contributed by atoms with Crippen LogP contribution in [-0.2, 0) is 0 Å². The van der Waals surface area contributed by atoms with Crippen LogP contribution in [-0.4, -0.2) is 9.97 Å². The van der Waals surface area contributed by atoms with E-state index in [4.69, 9.17) is 16.6 Å². The van der Waals surface area contributed by atoms with Gasteiger partial charge in [-0.15, -0.1) is 0 Å². The molecule has 1 fully saturated rings. The number of fused-ring (bicyclic) bond motifs is 1. The Bertz CT molecular complexity index is 946. The minimum absolute atomic E-state index is 0.294. The first-order valence-corrected chi connectivity index (χ1v) is 9.61. The Hall–Kier alpha value is -2.00. The molecular formula is C22H22ClFN2. The predicted octanol–water partition coefficient (Wildman–Crippen LogP) is 6.63. The van der Waals surface area contributed by atoms with Gasteiger partial charge in [0.15, 0.2) is 5.82 Å². The molecule has 1 aromatic heterocycles. The number of hydrogen-bond donors (Lipinski definition) is 0. The van der Waals surface area contributed by atoms with Crippen LogP contribution in [0.1, 0.15) is 44.7 Å². The second-order valence-corrected chi connectivity index (χ2v) is 8.12. The molecule has 1 heterocycles. The summed E-state index contributed by atoms with van der Waals surface area (Å²) in [5, 5.41) is 1.67. The lowest BCUT2D eigenvalue weighted by Crippen LogP contribution is -2.19. The van der Waals surface area contributed by atoms with Crippen LogP contribution in [0.2, 0.25) is 5.02 Å². The lowest BCUT2D eigenvalue weighted by atomic mass is 9.75. The Morgan fingerprint density at radius 3 is 2.42 bits per heavy atom. The molecule has 4 heteroatoms. The normalized spacial score (nSPS) is 23.3. The van der Waals surface area contributed by atoms with Crippen LogP contribution < -0.4 is 0 Å². The Labute approximate surface area is 158 Å². The zero-order valence-corrected chi connectivity index (χ0v) is 15.8. The van der Waals surface area contributed by atoms with Crippen molar-refractivity contribution in [1.82, 2.24) is 9.97 Å². The maximum absolute atomic E-state index is 14.3. The minimum atomic E-state index is -0.294. The van der Waals surface area contributed by atoms with E-state index in [9.17, 15) is 4.39 Å². The van der Waals surface area contributed by atoms with Crippen LogP contribution in [0.25, 0.3) is 22.3 Å². The molecule has 1 aliphatic carbocycles. The fourth-order valence-corrected chi connectivity index (χ4v) is 4.54. The maximum Gasteiger partial charge on any atom is 0.163 e. The Balaban J connectivity index is 1.92. The quantitative estimate of drug-likeness (QED) is 0.507. The minimum Gasteiger partial charge on any atom is -0.232 e. The van der Waals surface area contributed by atoms with Crippen molar-refractivity contribution in [1.29, 1.82) is 0 Å².